The van der Waals surface area contributed by atoms with Gasteiger partial charge in [0.2, 0.25) is 0 Å². The molecule has 0 radical (unpaired) electrons. The fraction of sp³-hybridized carbons (Fsp3) is 0.714. The number of aliphatic hydroxyl groups excluding tert-OH is 4. The van der Waals surface area contributed by atoms with Crippen LogP contribution in [0.25, 0.3) is 0 Å². The molecule has 1 atom stereocenters. The minimum atomic E-state index is -0.541. The van der Waals surface area contributed by atoms with E-state index in [9.17, 15) is 15.3 Å². The molecule has 0 spiro atoms. The maximum Gasteiger partial charge on any atom is 0.129 e. The largest absolute Gasteiger partial charge is 0.462 e. The van der Waals surface area contributed by atoms with Crippen LogP contribution in [-0.4, -0.2) is 81.8 Å². The number of aliphatic hydroxyl groups is 4. The second-order valence-electron chi connectivity index (χ2n) is 5.43. The molecule has 21 heavy (non-hydrogen) atoms. The summed E-state index contributed by atoms with van der Waals surface area (Å²) in [6.45, 7) is 2.51. The minimum Gasteiger partial charge on any atom is -0.462 e. The van der Waals surface area contributed by atoms with E-state index in [1.165, 1.54) is 0 Å². The quantitative estimate of drug-likeness (QED) is 0.513. The van der Waals surface area contributed by atoms with Gasteiger partial charge in [-0.1, -0.05) is 0 Å². The van der Waals surface area contributed by atoms with E-state index < -0.39 is 6.10 Å². The summed E-state index contributed by atoms with van der Waals surface area (Å²) in [7, 11) is 0. The predicted molar refractivity (Wildman–Crippen MR) is 75.4 cm³/mol. The van der Waals surface area contributed by atoms with Gasteiger partial charge in [0.05, 0.1) is 31.9 Å². The Morgan fingerprint density at radius 2 is 1.81 bits per heavy atom. The predicted octanol–water partition coefficient (Wildman–Crippen LogP) is -1.40. The lowest BCUT2D eigenvalue weighted by molar-refractivity contribution is 0.0470. The first-order valence-electron chi connectivity index (χ1n) is 7.21. The molecule has 2 rings (SSSR count). The third kappa shape index (κ3) is 4.50. The Morgan fingerprint density at radius 1 is 1.10 bits per heavy atom. The first-order chi connectivity index (χ1) is 10.2. The maximum atomic E-state index is 10.1. The van der Waals surface area contributed by atoms with E-state index in [1.54, 1.807) is 6.07 Å². The third-order valence-electron chi connectivity index (χ3n) is 3.81. The molecule has 0 saturated carbocycles. The zero-order valence-electron chi connectivity index (χ0n) is 12.1. The van der Waals surface area contributed by atoms with Crippen LogP contribution in [0, 0.1) is 0 Å². The molecule has 2 heterocycles. The average molecular weight is 300 g/mol. The normalized spacial score (nSPS) is 21.9. The van der Waals surface area contributed by atoms with E-state index in [0.717, 1.165) is 5.76 Å². The number of hydrogen-bond donors (Lipinski definition) is 4. The summed E-state index contributed by atoms with van der Waals surface area (Å²) >= 11 is 0. The van der Waals surface area contributed by atoms with Gasteiger partial charge in [0.25, 0.3) is 0 Å². The highest BCUT2D eigenvalue weighted by atomic mass is 16.4. The van der Waals surface area contributed by atoms with Gasteiger partial charge in [-0.25, -0.2) is 0 Å². The SMILES string of the molecule is OCc1ccc(CN2CCN(C(CO)CO)CC(O)C2)o1. The van der Waals surface area contributed by atoms with Crippen molar-refractivity contribution in [3.05, 3.63) is 23.7 Å². The molecule has 1 aromatic rings. The molecule has 1 unspecified atom stereocenters. The summed E-state index contributed by atoms with van der Waals surface area (Å²) in [5.74, 6) is 1.28. The fourth-order valence-corrected chi connectivity index (χ4v) is 2.66. The Labute approximate surface area is 124 Å². The standard InChI is InChI=1S/C14H24N2O5/c17-8-11(9-18)16-4-3-15(5-12(20)6-16)7-13-1-2-14(10-19)21-13/h1-2,11-12,17-20H,3-10H2. The second kappa shape index (κ2) is 7.88. The van der Waals surface area contributed by atoms with Crippen LogP contribution >= 0.6 is 0 Å². The Balaban J connectivity index is 1.93. The van der Waals surface area contributed by atoms with Crippen LogP contribution in [-0.2, 0) is 13.2 Å². The van der Waals surface area contributed by atoms with Crippen molar-refractivity contribution in [2.24, 2.45) is 0 Å². The summed E-state index contributed by atoms with van der Waals surface area (Å²) in [6.07, 6.45) is -0.541. The molecule has 0 bridgehead atoms. The summed E-state index contributed by atoms with van der Waals surface area (Å²) in [6, 6.07) is 3.23. The monoisotopic (exact) mass is 300 g/mol. The van der Waals surface area contributed by atoms with E-state index in [0.29, 0.717) is 38.5 Å². The highest BCUT2D eigenvalue weighted by Gasteiger charge is 2.26. The highest BCUT2D eigenvalue weighted by Crippen LogP contribution is 2.14. The molecule has 1 aromatic heterocycles. The summed E-state index contributed by atoms with van der Waals surface area (Å²) in [5, 5.41) is 37.6. The second-order valence-corrected chi connectivity index (χ2v) is 5.43. The van der Waals surface area contributed by atoms with Crippen molar-refractivity contribution in [2.45, 2.75) is 25.3 Å². The van der Waals surface area contributed by atoms with Crippen molar-refractivity contribution in [3.63, 3.8) is 0 Å². The van der Waals surface area contributed by atoms with E-state index in [1.807, 2.05) is 11.0 Å². The summed E-state index contributed by atoms with van der Waals surface area (Å²) < 4.78 is 5.46. The lowest BCUT2D eigenvalue weighted by atomic mass is 10.2. The van der Waals surface area contributed by atoms with Crippen LogP contribution in [0.1, 0.15) is 11.5 Å². The van der Waals surface area contributed by atoms with Crippen LogP contribution in [0.5, 0.6) is 0 Å². The van der Waals surface area contributed by atoms with E-state index in [4.69, 9.17) is 9.52 Å². The van der Waals surface area contributed by atoms with E-state index in [2.05, 4.69) is 4.90 Å². The van der Waals surface area contributed by atoms with Crippen molar-refractivity contribution in [1.82, 2.24) is 9.80 Å². The minimum absolute atomic E-state index is 0.120. The number of hydrogen-bond acceptors (Lipinski definition) is 7. The van der Waals surface area contributed by atoms with E-state index in [-0.39, 0.29) is 25.9 Å². The van der Waals surface area contributed by atoms with Gasteiger partial charge in [-0.05, 0) is 12.1 Å². The van der Waals surface area contributed by atoms with Crippen molar-refractivity contribution in [2.75, 3.05) is 39.4 Å². The number of nitrogens with zero attached hydrogens (tertiary/aromatic N) is 2. The van der Waals surface area contributed by atoms with Gasteiger partial charge >= 0.3 is 0 Å². The highest BCUT2D eigenvalue weighted by molar-refractivity contribution is 5.06. The van der Waals surface area contributed by atoms with Gasteiger partial charge in [0.15, 0.2) is 0 Å². The third-order valence-corrected chi connectivity index (χ3v) is 3.81. The number of furan rings is 1. The van der Waals surface area contributed by atoms with Crippen molar-refractivity contribution in [3.8, 4) is 0 Å². The summed E-state index contributed by atoms with van der Waals surface area (Å²) in [4.78, 5) is 3.97. The van der Waals surface area contributed by atoms with Gasteiger partial charge in [-0.2, -0.15) is 0 Å². The van der Waals surface area contributed by atoms with Crippen LogP contribution < -0.4 is 0 Å². The van der Waals surface area contributed by atoms with Crippen LogP contribution in [0.4, 0.5) is 0 Å². The molecule has 0 aromatic carbocycles. The van der Waals surface area contributed by atoms with Gasteiger partial charge in [0, 0.05) is 26.2 Å². The molecule has 0 aliphatic carbocycles. The van der Waals surface area contributed by atoms with Gasteiger partial charge in [-0.15, -0.1) is 0 Å². The van der Waals surface area contributed by atoms with Crippen LogP contribution in [0.15, 0.2) is 16.5 Å². The maximum absolute atomic E-state index is 10.1. The smallest absolute Gasteiger partial charge is 0.129 e. The van der Waals surface area contributed by atoms with E-state index >= 15 is 0 Å². The summed E-state index contributed by atoms with van der Waals surface area (Å²) in [5.41, 5.74) is 0. The molecule has 1 aliphatic rings. The van der Waals surface area contributed by atoms with Crippen LogP contribution in [0.3, 0.4) is 0 Å². The number of rotatable bonds is 6. The van der Waals surface area contributed by atoms with Crippen molar-refractivity contribution >= 4 is 0 Å². The average Bonchev–Trinajstić information content (AvgIpc) is 2.84. The Morgan fingerprint density at radius 3 is 2.43 bits per heavy atom. The Bertz CT molecular complexity index is 421. The van der Waals surface area contributed by atoms with Gasteiger partial charge in [0.1, 0.15) is 18.1 Å². The first kappa shape index (κ1) is 16.4. The molecule has 7 heteroatoms. The van der Waals surface area contributed by atoms with Crippen LogP contribution in [0.2, 0.25) is 0 Å². The molecule has 120 valence electrons. The Hall–Kier alpha value is -0.960. The molecule has 0 amide bonds. The topological polar surface area (TPSA) is 101 Å². The van der Waals surface area contributed by atoms with Gasteiger partial charge in [-0.3, -0.25) is 9.80 Å². The van der Waals surface area contributed by atoms with Gasteiger partial charge < -0.3 is 24.8 Å². The molecular formula is C14H24N2O5. The first-order valence-corrected chi connectivity index (χ1v) is 7.21. The molecule has 1 aliphatic heterocycles. The Kier molecular flexibility index (Phi) is 6.16. The zero-order chi connectivity index (χ0) is 15.2. The molecule has 1 saturated heterocycles. The fourth-order valence-electron chi connectivity index (χ4n) is 2.66. The van der Waals surface area contributed by atoms with Crippen molar-refractivity contribution < 1.29 is 24.8 Å². The molecule has 7 nitrogen and oxygen atoms in total. The lowest BCUT2D eigenvalue weighted by Gasteiger charge is -2.28. The molecular weight excluding hydrogens is 276 g/mol. The lowest BCUT2D eigenvalue weighted by Crippen LogP contribution is -2.44. The van der Waals surface area contributed by atoms with Crippen molar-refractivity contribution in [1.29, 1.82) is 0 Å². The molecule has 1 fully saturated rings. The number of β-amino-alcohol motifs (C(OH)–C–C–N with tert-alkyl or cyclic N) is 1. The zero-order valence-corrected chi connectivity index (χ0v) is 12.1. The molecule has 4 N–H and O–H groups in total.